The highest BCUT2D eigenvalue weighted by Gasteiger charge is 2.38. The Balaban J connectivity index is 1.42. The number of hydrogen-bond acceptors (Lipinski definition) is 8. The van der Waals surface area contributed by atoms with Crippen molar-refractivity contribution in [1.82, 2.24) is 20.5 Å². The van der Waals surface area contributed by atoms with Crippen LogP contribution in [0.15, 0.2) is 60.9 Å². The van der Waals surface area contributed by atoms with Crippen LogP contribution in [0.5, 0.6) is 23.0 Å². The van der Waals surface area contributed by atoms with Crippen molar-refractivity contribution >= 4 is 17.7 Å². The van der Waals surface area contributed by atoms with Crippen LogP contribution >= 0.6 is 0 Å². The molecule has 2 aromatic carbocycles. The van der Waals surface area contributed by atoms with Crippen molar-refractivity contribution < 1.29 is 33.3 Å². The summed E-state index contributed by atoms with van der Waals surface area (Å²) in [6.45, 7) is 0.507. The summed E-state index contributed by atoms with van der Waals surface area (Å²) in [7, 11) is 3.07. The van der Waals surface area contributed by atoms with Gasteiger partial charge in [-0.05, 0) is 48.4 Å². The van der Waals surface area contributed by atoms with E-state index in [0.29, 0.717) is 35.0 Å². The number of ether oxygens (including phenoxy) is 4. The molecule has 0 saturated carbocycles. The lowest BCUT2D eigenvalue weighted by atomic mass is 10.1. The van der Waals surface area contributed by atoms with Gasteiger partial charge in [0.05, 0.1) is 32.4 Å². The zero-order chi connectivity index (χ0) is 28.8. The van der Waals surface area contributed by atoms with Gasteiger partial charge in [0.1, 0.15) is 17.6 Å². The number of rotatable bonds is 3. The molecule has 6 heterocycles. The fourth-order valence-corrected chi connectivity index (χ4v) is 4.91. The molecule has 2 N–H and O–H groups in total. The zero-order valence-electron chi connectivity index (χ0n) is 22.9. The molecule has 4 bridgehead atoms. The number of hydrogen-bond donors (Lipinski definition) is 2. The first kappa shape index (κ1) is 27.8. The van der Waals surface area contributed by atoms with Crippen LogP contribution in [-0.4, -0.2) is 73.7 Å². The topological polar surface area (TPSA) is 128 Å². The first-order chi connectivity index (χ1) is 19.9. The molecule has 3 amide bonds. The number of amides is 3. The number of nitrogens with one attached hydrogen (secondary N) is 2. The minimum absolute atomic E-state index is 0.107. The number of aromatic nitrogens is 1. The molecule has 0 unspecified atom stereocenters. The number of nitrogens with zero attached hydrogens (tertiary/aromatic N) is 2. The second kappa shape index (κ2) is 12.6. The van der Waals surface area contributed by atoms with Crippen LogP contribution in [0.25, 0.3) is 0 Å². The smallest absolute Gasteiger partial charge is 0.258 e. The van der Waals surface area contributed by atoms with Gasteiger partial charge in [0.25, 0.3) is 11.8 Å². The number of carbonyl (C=O) groups excluding carboxylic acids is 3. The van der Waals surface area contributed by atoms with E-state index in [0.717, 1.165) is 11.1 Å². The van der Waals surface area contributed by atoms with Gasteiger partial charge >= 0.3 is 0 Å². The summed E-state index contributed by atoms with van der Waals surface area (Å²) in [5, 5.41) is 5.91. The second-order valence-corrected chi connectivity index (χ2v) is 9.81. The number of pyridine rings is 1. The first-order valence-corrected chi connectivity index (χ1v) is 13.3. The minimum Gasteiger partial charge on any atom is -0.496 e. The van der Waals surface area contributed by atoms with Crippen LogP contribution in [0.3, 0.4) is 0 Å². The van der Waals surface area contributed by atoms with Gasteiger partial charge in [-0.3, -0.25) is 19.4 Å². The lowest BCUT2D eigenvalue weighted by molar-refractivity contribution is -0.124. The summed E-state index contributed by atoms with van der Waals surface area (Å²) in [6, 6.07) is 13.6. The highest BCUT2D eigenvalue weighted by molar-refractivity contribution is 5.94. The van der Waals surface area contributed by atoms with E-state index in [1.807, 2.05) is 12.1 Å². The summed E-state index contributed by atoms with van der Waals surface area (Å²) in [4.78, 5) is 44.4. The first-order valence-electron chi connectivity index (χ1n) is 13.3. The number of likely N-dealkylation sites (tertiary alicyclic amines) is 1. The Morgan fingerprint density at radius 2 is 1.85 bits per heavy atom. The fraction of sp³-hybridized carbons (Fsp3) is 0.333. The van der Waals surface area contributed by atoms with Crippen molar-refractivity contribution in [3.8, 4) is 23.0 Å². The monoisotopic (exact) mass is 560 g/mol. The molecule has 3 aromatic rings. The van der Waals surface area contributed by atoms with Gasteiger partial charge in [0, 0.05) is 43.5 Å². The lowest BCUT2D eigenvalue weighted by Crippen LogP contribution is -2.46. The summed E-state index contributed by atoms with van der Waals surface area (Å²) < 4.78 is 23.1. The Bertz CT molecular complexity index is 1420. The summed E-state index contributed by atoms with van der Waals surface area (Å²) in [6.07, 6.45) is 3.35. The molecular weight excluding hydrogens is 528 g/mol. The molecule has 8 rings (SSSR count). The fourth-order valence-electron chi connectivity index (χ4n) is 4.91. The third-order valence-electron chi connectivity index (χ3n) is 7.06. The van der Waals surface area contributed by atoms with Crippen LogP contribution < -0.4 is 29.6 Å². The quantitative estimate of drug-likeness (QED) is 0.499. The molecule has 1 saturated heterocycles. The number of aryl methyl sites for hydroxylation is 1. The van der Waals surface area contributed by atoms with E-state index in [1.54, 1.807) is 54.6 Å². The summed E-state index contributed by atoms with van der Waals surface area (Å²) in [5.74, 6) is 1.24. The Morgan fingerprint density at radius 1 is 1.00 bits per heavy atom. The highest BCUT2D eigenvalue weighted by Crippen LogP contribution is 2.30. The van der Waals surface area contributed by atoms with E-state index >= 15 is 0 Å². The van der Waals surface area contributed by atoms with Gasteiger partial charge in [-0.25, -0.2) is 0 Å². The van der Waals surface area contributed by atoms with E-state index in [9.17, 15) is 14.4 Å². The lowest BCUT2D eigenvalue weighted by Gasteiger charge is -2.22. The number of carbonyl (C=O) groups is 3. The molecule has 0 radical (unpaired) electrons. The molecule has 11 heteroatoms. The normalized spacial score (nSPS) is 19.3. The second-order valence-electron chi connectivity index (χ2n) is 9.81. The third-order valence-corrected chi connectivity index (χ3v) is 7.06. The Morgan fingerprint density at radius 3 is 2.63 bits per heavy atom. The number of methoxy groups -OCH3 is 2. The predicted molar refractivity (Wildman–Crippen MR) is 148 cm³/mol. The predicted octanol–water partition coefficient (Wildman–Crippen LogP) is 2.13. The van der Waals surface area contributed by atoms with Crippen molar-refractivity contribution in [2.45, 2.75) is 31.5 Å². The van der Waals surface area contributed by atoms with Crippen LogP contribution in [0.1, 0.15) is 27.9 Å². The SMILES string of the molecule is COc1cc2ccc1CNC(=O)CCc1ccc(c(OC)c1)OCC(=O)N[C@@H]1CN(C(=O)c3cccnc3)C[C@H]1O2. The highest BCUT2D eigenvalue weighted by atomic mass is 16.5. The average molecular weight is 561 g/mol. The van der Waals surface area contributed by atoms with E-state index in [-0.39, 0.29) is 50.4 Å². The Labute approximate surface area is 237 Å². The molecule has 2 atom stereocenters. The van der Waals surface area contributed by atoms with E-state index in [2.05, 4.69) is 15.6 Å². The number of benzene rings is 2. The molecule has 11 nitrogen and oxygen atoms in total. The standard InChI is InChI=1S/C30H32N4O7/c1-38-25-13-22-8-7-20(25)15-32-28(35)10-6-19-5-9-24(26(12-19)39-2)40-18-29(36)33-23-16-34(17-27(23)41-22)30(37)21-4-3-11-31-14-21/h3-5,7-9,11-14,23,27H,6,10,15-18H2,1-2H3,(H,32,35)(H,33,36)/t23-,27-/m1/s1. The molecule has 0 aliphatic carbocycles. The van der Waals surface area contributed by atoms with Crippen molar-refractivity contribution in [3.05, 3.63) is 77.6 Å². The molecular formula is C30H32N4O7. The summed E-state index contributed by atoms with van der Waals surface area (Å²) in [5.41, 5.74) is 2.13. The maximum Gasteiger partial charge on any atom is 0.258 e. The minimum atomic E-state index is -0.547. The van der Waals surface area contributed by atoms with Gasteiger partial charge in [0.2, 0.25) is 5.91 Å². The molecule has 41 heavy (non-hydrogen) atoms. The van der Waals surface area contributed by atoms with Crippen LogP contribution in [-0.2, 0) is 22.6 Å². The van der Waals surface area contributed by atoms with Crippen LogP contribution in [0.4, 0.5) is 0 Å². The maximum atomic E-state index is 13.2. The zero-order valence-corrected chi connectivity index (χ0v) is 22.9. The van der Waals surface area contributed by atoms with Crippen LogP contribution in [0.2, 0.25) is 0 Å². The van der Waals surface area contributed by atoms with Crippen molar-refractivity contribution in [2.75, 3.05) is 33.9 Å². The Hall–Kier alpha value is -4.80. The third kappa shape index (κ3) is 6.68. The maximum absolute atomic E-state index is 13.2. The average Bonchev–Trinajstić information content (AvgIpc) is 3.39. The van der Waals surface area contributed by atoms with Gasteiger partial charge in [-0.1, -0.05) is 6.07 Å². The van der Waals surface area contributed by atoms with Gasteiger partial charge in [0.15, 0.2) is 18.1 Å². The molecule has 0 spiro atoms. The molecule has 5 aliphatic heterocycles. The molecule has 1 aromatic heterocycles. The Kier molecular flexibility index (Phi) is 8.52. The summed E-state index contributed by atoms with van der Waals surface area (Å²) >= 11 is 0. The van der Waals surface area contributed by atoms with E-state index in [1.165, 1.54) is 13.3 Å². The van der Waals surface area contributed by atoms with Crippen molar-refractivity contribution in [2.24, 2.45) is 0 Å². The van der Waals surface area contributed by atoms with Gasteiger partial charge < -0.3 is 34.5 Å². The molecule has 214 valence electrons. The van der Waals surface area contributed by atoms with Crippen molar-refractivity contribution in [3.63, 3.8) is 0 Å². The van der Waals surface area contributed by atoms with E-state index in [4.69, 9.17) is 18.9 Å². The van der Waals surface area contributed by atoms with Gasteiger partial charge in [-0.2, -0.15) is 0 Å². The molecule has 5 aliphatic rings. The van der Waals surface area contributed by atoms with Crippen LogP contribution in [0, 0.1) is 0 Å². The van der Waals surface area contributed by atoms with Gasteiger partial charge in [-0.15, -0.1) is 0 Å². The molecule has 1 fully saturated rings. The van der Waals surface area contributed by atoms with E-state index < -0.39 is 12.1 Å². The largest absolute Gasteiger partial charge is 0.496 e. The van der Waals surface area contributed by atoms with Crippen molar-refractivity contribution in [1.29, 1.82) is 0 Å².